The van der Waals surface area contributed by atoms with Gasteiger partial charge in [-0.2, -0.15) is 0 Å². The van der Waals surface area contributed by atoms with Gasteiger partial charge in [-0.3, -0.25) is 14.7 Å². The smallest absolute Gasteiger partial charge is 0.222 e. The SMILES string of the molecule is O=C(CCc1c(-c2ccccc2)[nH]c2ccc(F)cc12)N1CCN(Cc2ccncc2)CC1. The number of aromatic amines is 1. The zero-order valence-corrected chi connectivity index (χ0v) is 18.5. The van der Waals surface area contributed by atoms with E-state index in [1.165, 1.54) is 11.6 Å². The van der Waals surface area contributed by atoms with Crippen LogP contribution in [0, 0.1) is 5.82 Å². The summed E-state index contributed by atoms with van der Waals surface area (Å²) in [6.45, 7) is 4.07. The summed E-state index contributed by atoms with van der Waals surface area (Å²) in [4.78, 5) is 24.9. The molecular formula is C27H27FN4O. The number of hydrogen-bond acceptors (Lipinski definition) is 3. The topological polar surface area (TPSA) is 52.2 Å². The molecule has 5 nitrogen and oxygen atoms in total. The zero-order chi connectivity index (χ0) is 22.6. The highest BCUT2D eigenvalue weighted by Crippen LogP contribution is 2.32. The van der Waals surface area contributed by atoms with Gasteiger partial charge in [0.25, 0.3) is 0 Å². The van der Waals surface area contributed by atoms with Crippen molar-refractivity contribution < 1.29 is 9.18 Å². The Labute approximate surface area is 192 Å². The summed E-state index contributed by atoms with van der Waals surface area (Å²) in [5, 5.41) is 0.851. The van der Waals surface area contributed by atoms with E-state index in [0.29, 0.717) is 12.8 Å². The molecule has 0 saturated carbocycles. The van der Waals surface area contributed by atoms with Crippen LogP contribution in [0.1, 0.15) is 17.5 Å². The van der Waals surface area contributed by atoms with Gasteiger partial charge in [0.1, 0.15) is 5.82 Å². The fraction of sp³-hybridized carbons (Fsp3) is 0.259. The molecule has 6 heteroatoms. The molecule has 0 atom stereocenters. The van der Waals surface area contributed by atoms with E-state index >= 15 is 0 Å². The lowest BCUT2D eigenvalue weighted by molar-refractivity contribution is -0.132. The van der Waals surface area contributed by atoms with Crippen LogP contribution in [0.3, 0.4) is 0 Å². The molecule has 4 aromatic rings. The van der Waals surface area contributed by atoms with Crippen LogP contribution in [-0.4, -0.2) is 51.9 Å². The molecule has 0 bridgehead atoms. The molecule has 0 radical (unpaired) electrons. The summed E-state index contributed by atoms with van der Waals surface area (Å²) in [5.41, 5.74) is 5.14. The van der Waals surface area contributed by atoms with Crippen molar-refractivity contribution in [1.82, 2.24) is 19.8 Å². The first-order valence-electron chi connectivity index (χ1n) is 11.4. The Morgan fingerprint density at radius 3 is 2.48 bits per heavy atom. The van der Waals surface area contributed by atoms with Crippen LogP contribution >= 0.6 is 0 Å². The number of nitrogens with zero attached hydrogens (tertiary/aromatic N) is 3. The maximum absolute atomic E-state index is 14.0. The molecule has 168 valence electrons. The number of benzene rings is 2. The van der Waals surface area contributed by atoms with E-state index in [2.05, 4.69) is 14.9 Å². The molecule has 1 amide bonds. The Morgan fingerprint density at radius 1 is 0.970 bits per heavy atom. The number of H-pyrrole nitrogens is 1. The number of amides is 1. The lowest BCUT2D eigenvalue weighted by Gasteiger charge is -2.34. The average Bonchev–Trinajstić information content (AvgIpc) is 3.22. The molecule has 1 aliphatic heterocycles. The summed E-state index contributed by atoms with van der Waals surface area (Å²) in [7, 11) is 0. The van der Waals surface area contributed by atoms with E-state index in [-0.39, 0.29) is 11.7 Å². The van der Waals surface area contributed by atoms with Crippen LogP contribution in [-0.2, 0) is 17.8 Å². The van der Waals surface area contributed by atoms with Gasteiger partial charge in [-0.05, 0) is 53.4 Å². The summed E-state index contributed by atoms with van der Waals surface area (Å²) in [5.74, 6) is -0.109. The number of aryl methyl sites for hydroxylation is 1. The van der Waals surface area contributed by atoms with Crippen molar-refractivity contribution in [1.29, 1.82) is 0 Å². The van der Waals surface area contributed by atoms with Gasteiger partial charge in [0.2, 0.25) is 5.91 Å². The van der Waals surface area contributed by atoms with Crippen LogP contribution in [0.2, 0.25) is 0 Å². The first-order valence-corrected chi connectivity index (χ1v) is 11.4. The molecule has 2 aromatic heterocycles. The fourth-order valence-electron chi connectivity index (χ4n) is 4.62. The molecule has 5 rings (SSSR count). The minimum absolute atomic E-state index is 0.156. The Bertz CT molecular complexity index is 1230. The van der Waals surface area contributed by atoms with E-state index < -0.39 is 0 Å². The summed E-state index contributed by atoms with van der Waals surface area (Å²) in [6, 6.07) is 18.9. The highest BCUT2D eigenvalue weighted by molar-refractivity contribution is 5.91. The Kier molecular flexibility index (Phi) is 6.17. The molecule has 2 aromatic carbocycles. The van der Waals surface area contributed by atoms with Crippen molar-refractivity contribution in [2.24, 2.45) is 0 Å². The fourth-order valence-corrected chi connectivity index (χ4v) is 4.62. The van der Waals surface area contributed by atoms with Gasteiger partial charge in [-0.1, -0.05) is 30.3 Å². The Morgan fingerprint density at radius 2 is 1.73 bits per heavy atom. The van der Waals surface area contributed by atoms with Gasteiger partial charge in [0, 0.05) is 68.1 Å². The van der Waals surface area contributed by atoms with Crippen LogP contribution < -0.4 is 0 Å². The highest BCUT2D eigenvalue weighted by atomic mass is 19.1. The van der Waals surface area contributed by atoms with E-state index in [1.807, 2.05) is 59.8 Å². The van der Waals surface area contributed by atoms with Gasteiger partial charge < -0.3 is 9.88 Å². The van der Waals surface area contributed by atoms with Crippen molar-refractivity contribution in [2.45, 2.75) is 19.4 Å². The second kappa shape index (κ2) is 9.55. The molecule has 1 N–H and O–H groups in total. The quantitative estimate of drug-likeness (QED) is 0.473. The molecular weight excluding hydrogens is 415 g/mol. The molecule has 0 unspecified atom stereocenters. The van der Waals surface area contributed by atoms with Crippen molar-refractivity contribution in [3.05, 3.63) is 90.0 Å². The van der Waals surface area contributed by atoms with E-state index in [1.54, 1.807) is 12.1 Å². The first-order chi connectivity index (χ1) is 16.2. The molecule has 1 aliphatic rings. The highest BCUT2D eigenvalue weighted by Gasteiger charge is 2.22. The minimum atomic E-state index is -0.265. The molecule has 1 fully saturated rings. The summed E-state index contributed by atoms with van der Waals surface area (Å²) >= 11 is 0. The maximum Gasteiger partial charge on any atom is 0.222 e. The van der Waals surface area contributed by atoms with Crippen LogP contribution in [0.4, 0.5) is 4.39 Å². The number of halogens is 1. The third-order valence-electron chi connectivity index (χ3n) is 6.40. The molecule has 1 saturated heterocycles. The lowest BCUT2D eigenvalue weighted by atomic mass is 10.0. The largest absolute Gasteiger partial charge is 0.354 e. The van der Waals surface area contributed by atoms with Crippen molar-refractivity contribution in [3.63, 3.8) is 0 Å². The van der Waals surface area contributed by atoms with Gasteiger partial charge in [0.05, 0.1) is 0 Å². The Hall–Kier alpha value is -3.51. The van der Waals surface area contributed by atoms with E-state index in [4.69, 9.17) is 0 Å². The van der Waals surface area contributed by atoms with Gasteiger partial charge in [0.15, 0.2) is 0 Å². The number of rotatable bonds is 6. The number of carbonyl (C=O) groups is 1. The molecule has 33 heavy (non-hydrogen) atoms. The predicted molar refractivity (Wildman–Crippen MR) is 128 cm³/mol. The van der Waals surface area contributed by atoms with E-state index in [9.17, 15) is 9.18 Å². The van der Waals surface area contributed by atoms with Crippen LogP contribution in [0.15, 0.2) is 73.1 Å². The Balaban J connectivity index is 1.26. The first kappa shape index (κ1) is 21.3. The van der Waals surface area contributed by atoms with Crippen molar-refractivity contribution >= 4 is 16.8 Å². The second-order valence-electron chi connectivity index (χ2n) is 8.55. The lowest BCUT2D eigenvalue weighted by Crippen LogP contribution is -2.48. The van der Waals surface area contributed by atoms with Gasteiger partial charge >= 0.3 is 0 Å². The monoisotopic (exact) mass is 442 g/mol. The third-order valence-corrected chi connectivity index (χ3v) is 6.40. The zero-order valence-electron chi connectivity index (χ0n) is 18.5. The van der Waals surface area contributed by atoms with Crippen molar-refractivity contribution in [3.8, 4) is 11.3 Å². The summed E-state index contributed by atoms with van der Waals surface area (Å²) < 4.78 is 14.0. The second-order valence-corrected chi connectivity index (χ2v) is 8.55. The third kappa shape index (κ3) is 4.81. The number of nitrogens with one attached hydrogen (secondary N) is 1. The van der Waals surface area contributed by atoms with Gasteiger partial charge in [-0.15, -0.1) is 0 Å². The maximum atomic E-state index is 14.0. The number of piperazine rings is 1. The normalized spacial score (nSPS) is 14.6. The minimum Gasteiger partial charge on any atom is -0.354 e. The van der Waals surface area contributed by atoms with Crippen LogP contribution in [0.25, 0.3) is 22.2 Å². The summed E-state index contributed by atoms with van der Waals surface area (Å²) in [6.07, 6.45) is 4.61. The molecule has 0 spiro atoms. The number of carbonyl (C=O) groups excluding carboxylic acids is 1. The van der Waals surface area contributed by atoms with Crippen molar-refractivity contribution in [2.75, 3.05) is 26.2 Å². The van der Waals surface area contributed by atoms with Gasteiger partial charge in [-0.25, -0.2) is 4.39 Å². The molecule has 0 aliphatic carbocycles. The average molecular weight is 443 g/mol. The number of aromatic nitrogens is 2. The van der Waals surface area contributed by atoms with Crippen LogP contribution in [0.5, 0.6) is 0 Å². The molecule has 3 heterocycles. The standard InChI is InChI=1S/C27H27FN4O/c28-22-6-8-25-24(18-22)23(27(30-25)21-4-2-1-3-5-21)7-9-26(33)32-16-14-31(15-17-32)19-20-10-12-29-13-11-20/h1-6,8,10-13,18,30H,7,9,14-17,19H2. The number of fused-ring (bicyclic) bond motifs is 1. The predicted octanol–water partition coefficient (Wildman–Crippen LogP) is 4.65. The van der Waals surface area contributed by atoms with E-state index in [0.717, 1.165) is 60.4 Å². The number of hydrogen-bond donors (Lipinski definition) is 1. The number of pyridine rings is 1.